The second-order valence-electron chi connectivity index (χ2n) is 6.28. The van der Waals surface area contributed by atoms with E-state index in [1.165, 1.54) is 34.6 Å². The highest BCUT2D eigenvalue weighted by Gasteiger charge is 2.30. The van der Waals surface area contributed by atoms with E-state index < -0.39 is 36.7 Å². The van der Waals surface area contributed by atoms with Gasteiger partial charge in [0.2, 0.25) is 20.0 Å². The van der Waals surface area contributed by atoms with Crippen molar-refractivity contribution in [3.8, 4) is 0 Å². The molecule has 0 spiro atoms. The van der Waals surface area contributed by atoms with Crippen LogP contribution in [-0.2, 0) is 20.0 Å². The lowest BCUT2D eigenvalue weighted by Gasteiger charge is -2.16. The molecule has 3 rings (SSSR count). The van der Waals surface area contributed by atoms with Crippen LogP contribution in [0.2, 0.25) is 0 Å². The lowest BCUT2D eigenvalue weighted by atomic mass is 10.2. The number of primary sulfonamides is 1. The molecule has 1 aliphatic heterocycles. The molecule has 1 fully saturated rings. The number of amides is 1. The normalized spacial score (nSPS) is 15.5. The predicted molar refractivity (Wildman–Crippen MR) is 100 cm³/mol. The van der Waals surface area contributed by atoms with E-state index >= 15 is 0 Å². The molecular weight excluding hydrogens is 409 g/mol. The Morgan fingerprint density at radius 1 is 1.00 bits per heavy atom. The van der Waals surface area contributed by atoms with Gasteiger partial charge in [0, 0.05) is 24.3 Å². The SMILES string of the molecule is NS(=O)(=O)c1ccc(NC(=O)c2ccc(F)c(S(=O)(=O)N3CCCC3)c2)cc1. The van der Waals surface area contributed by atoms with Gasteiger partial charge in [-0.3, -0.25) is 4.79 Å². The van der Waals surface area contributed by atoms with Gasteiger partial charge in [0.1, 0.15) is 10.7 Å². The van der Waals surface area contributed by atoms with Crippen molar-refractivity contribution in [2.75, 3.05) is 18.4 Å². The molecule has 1 aliphatic rings. The minimum absolute atomic E-state index is 0.0466. The van der Waals surface area contributed by atoms with Gasteiger partial charge in [-0.15, -0.1) is 0 Å². The summed E-state index contributed by atoms with van der Waals surface area (Å²) >= 11 is 0. The number of anilines is 1. The van der Waals surface area contributed by atoms with Crippen LogP contribution in [0.5, 0.6) is 0 Å². The maximum absolute atomic E-state index is 14.2. The number of carbonyl (C=O) groups is 1. The molecule has 3 N–H and O–H groups in total. The number of hydrogen-bond donors (Lipinski definition) is 2. The largest absolute Gasteiger partial charge is 0.322 e. The van der Waals surface area contributed by atoms with Gasteiger partial charge in [-0.1, -0.05) is 0 Å². The zero-order chi connectivity index (χ0) is 20.5. The third-order valence-corrected chi connectivity index (χ3v) is 7.16. The Kier molecular flexibility index (Phi) is 5.53. The number of hydrogen-bond acceptors (Lipinski definition) is 5. The summed E-state index contributed by atoms with van der Waals surface area (Å²) in [6.07, 6.45) is 1.41. The van der Waals surface area contributed by atoms with Crippen LogP contribution in [0.25, 0.3) is 0 Å². The first kappa shape index (κ1) is 20.4. The van der Waals surface area contributed by atoms with Crippen LogP contribution in [0.1, 0.15) is 23.2 Å². The number of sulfonamides is 2. The van der Waals surface area contributed by atoms with Crippen LogP contribution >= 0.6 is 0 Å². The molecule has 1 heterocycles. The number of carbonyl (C=O) groups excluding carboxylic acids is 1. The van der Waals surface area contributed by atoms with Crippen molar-refractivity contribution in [3.05, 3.63) is 53.8 Å². The van der Waals surface area contributed by atoms with E-state index in [9.17, 15) is 26.0 Å². The lowest BCUT2D eigenvalue weighted by Crippen LogP contribution is -2.29. The summed E-state index contributed by atoms with van der Waals surface area (Å²) in [7, 11) is -7.88. The highest BCUT2D eigenvalue weighted by molar-refractivity contribution is 7.89. The second kappa shape index (κ2) is 7.59. The molecular formula is C17H18FN3O5S2. The maximum atomic E-state index is 14.2. The first-order valence-corrected chi connectivity index (χ1v) is 11.3. The summed E-state index contributed by atoms with van der Waals surface area (Å²) in [6.45, 7) is 0.628. The minimum atomic E-state index is -4.02. The molecule has 0 aromatic heterocycles. The monoisotopic (exact) mass is 427 g/mol. The average molecular weight is 427 g/mol. The maximum Gasteiger partial charge on any atom is 0.255 e. The van der Waals surface area contributed by atoms with Crippen LogP contribution in [0.15, 0.2) is 52.3 Å². The second-order valence-corrected chi connectivity index (χ2v) is 9.75. The molecule has 1 amide bonds. The van der Waals surface area contributed by atoms with E-state index in [1.54, 1.807) is 0 Å². The number of nitrogens with zero attached hydrogens (tertiary/aromatic N) is 1. The van der Waals surface area contributed by atoms with Gasteiger partial charge in [0.25, 0.3) is 5.91 Å². The molecule has 0 radical (unpaired) electrons. The fraction of sp³-hybridized carbons (Fsp3) is 0.235. The zero-order valence-electron chi connectivity index (χ0n) is 14.6. The Bertz CT molecular complexity index is 1110. The summed E-state index contributed by atoms with van der Waals surface area (Å²) in [5, 5.41) is 7.51. The van der Waals surface area contributed by atoms with Gasteiger partial charge in [0.15, 0.2) is 0 Å². The smallest absolute Gasteiger partial charge is 0.255 e. The van der Waals surface area contributed by atoms with E-state index in [2.05, 4.69) is 5.32 Å². The molecule has 28 heavy (non-hydrogen) atoms. The number of rotatable bonds is 5. The van der Waals surface area contributed by atoms with Crippen LogP contribution in [-0.4, -0.2) is 40.1 Å². The third-order valence-electron chi connectivity index (χ3n) is 4.32. The molecule has 2 aromatic rings. The quantitative estimate of drug-likeness (QED) is 0.748. The fourth-order valence-electron chi connectivity index (χ4n) is 2.84. The Labute approximate surface area is 162 Å². The first-order chi connectivity index (χ1) is 13.1. The van der Waals surface area contributed by atoms with Crippen molar-refractivity contribution in [2.24, 2.45) is 5.14 Å². The highest BCUT2D eigenvalue weighted by Crippen LogP contribution is 2.24. The summed E-state index contributed by atoms with van der Waals surface area (Å²) in [4.78, 5) is 11.8. The average Bonchev–Trinajstić information content (AvgIpc) is 3.17. The van der Waals surface area contributed by atoms with Crippen LogP contribution in [0, 0.1) is 5.82 Å². The molecule has 150 valence electrons. The standard InChI is InChI=1S/C17H18FN3O5S2/c18-15-8-3-12(11-16(15)28(25,26)21-9-1-2-10-21)17(22)20-13-4-6-14(7-5-13)27(19,23)24/h3-8,11H,1-2,9-10H2,(H,20,22)(H2,19,23,24). The summed E-state index contributed by atoms with van der Waals surface area (Å²) < 4.78 is 63.1. The molecule has 0 unspecified atom stereocenters. The predicted octanol–water partition coefficient (Wildman–Crippen LogP) is 1.51. The van der Waals surface area contributed by atoms with Gasteiger partial charge >= 0.3 is 0 Å². The third kappa shape index (κ3) is 4.22. The van der Waals surface area contributed by atoms with Gasteiger partial charge in [-0.05, 0) is 55.3 Å². The van der Waals surface area contributed by atoms with Crippen LogP contribution < -0.4 is 10.5 Å². The van der Waals surface area contributed by atoms with Crippen LogP contribution in [0.3, 0.4) is 0 Å². The Balaban J connectivity index is 1.85. The van der Waals surface area contributed by atoms with Crippen LogP contribution in [0.4, 0.5) is 10.1 Å². The van der Waals surface area contributed by atoms with E-state index in [1.807, 2.05) is 0 Å². The van der Waals surface area contributed by atoms with Crippen molar-refractivity contribution in [1.82, 2.24) is 4.31 Å². The van der Waals surface area contributed by atoms with E-state index in [-0.39, 0.29) is 16.1 Å². The van der Waals surface area contributed by atoms with E-state index in [0.29, 0.717) is 25.9 Å². The summed E-state index contributed by atoms with van der Waals surface area (Å²) in [5.41, 5.74) is 0.223. The molecule has 0 bridgehead atoms. The topological polar surface area (TPSA) is 127 Å². The van der Waals surface area contributed by atoms with Gasteiger partial charge in [-0.2, -0.15) is 4.31 Å². The highest BCUT2D eigenvalue weighted by atomic mass is 32.2. The number of halogens is 1. The number of nitrogens with two attached hydrogens (primary N) is 1. The molecule has 0 aliphatic carbocycles. The summed E-state index contributed by atoms with van der Waals surface area (Å²) in [6, 6.07) is 8.22. The lowest BCUT2D eigenvalue weighted by molar-refractivity contribution is 0.102. The van der Waals surface area contributed by atoms with E-state index in [4.69, 9.17) is 5.14 Å². The Hall–Kier alpha value is -2.34. The molecule has 1 saturated heterocycles. The number of nitrogens with one attached hydrogen (secondary N) is 1. The Morgan fingerprint density at radius 2 is 1.61 bits per heavy atom. The minimum Gasteiger partial charge on any atom is -0.322 e. The summed E-state index contributed by atoms with van der Waals surface area (Å²) in [5.74, 6) is -1.60. The van der Waals surface area contributed by atoms with Gasteiger partial charge < -0.3 is 5.32 Å². The van der Waals surface area contributed by atoms with Crippen molar-refractivity contribution >= 4 is 31.6 Å². The van der Waals surface area contributed by atoms with Crippen molar-refractivity contribution in [3.63, 3.8) is 0 Å². The van der Waals surface area contributed by atoms with Gasteiger partial charge in [-0.25, -0.2) is 26.4 Å². The zero-order valence-corrected chi connectivity index (χ0v) is 16.3. The van der Waals surface area contributed by atoms with E-state index in [0.717, 1.165) is 12.1 Å². The molecule has 2 aromatic carbocycles. The van der Waals surface area contributed by atoms with Crippen molar-refractivity contribution in [1.29, 1.82) is 0 Å². The number of benzene rings is 2. The molecule has 11 heteroatoms. The van der Waals surface area contributed by atoms with Crippen molar-refractivity contribution in [2.45, 2.75) is 22.6 Å². The molecule has 0 saturated carbocycles. The fourth-order valence-corrected chi connectivity index (χ4v) is 4.96. The van der Waals surface area contributed by atoms with Gasteiger partial charge in [0.05, 0.1) is 4.90 Å². The van der Waals surface area contributed by atoms with Crippen molar-refractivity contribution < 1.29 is 26.0 Å². The first-order valence-electron chi connectivity index (χ1n) is 8.33. The molecule has 8 nitrogen and oxygen atoms in total. The molecule has 0 atom stereocenters. The Morgan fingerprint density at radius 3 is 2.18 bits per heavy atom.